The summed E-state index contributed by atoms with van der Waals surface area (Å²) in [6.07, 6.45) is -0.0169. The average molecular weight is 357 g/mol. The third kappa shape index (κ3) is 5.02. The summed E-state index contributed by atoms with van der Waals surface area (Å²) >= 11 is 0. The molecule has 0 N–H and O–H groups in total. The minimum atomic E-state index is -4.61. The lowest BCUT2D eigenvalue weighted by atomic mass is 10.1. The molecule has 1 aliphatic rings. The normalized spacial score (nSPS) is 18.8. The van der Waals surface area contributed by atoms with Gasteiger partial charge < -0.3 is 9.64 Å². The van der Waals surface area contributed by atoms with Gasteiger partial charge in [0.05, 0.1) is 11.3 Å². The maximum absolute atomic E-state index is 12.8. The summed E-state index contributed by atoms with van der Waals surface area (Å²) in [5.74, 6) is -1.97. The summed E-state index contributed by atoms with van der Waals surface area (Å²) < 4.78 is 39.5. The molecule has 2 rings (SSSR count). The minimum absolute atomic E-state index is 0.0169. The Morgan fingerprint density at radius 2 is 1.88 bits per heavy atom. The van der Waals surface area contributed by atoms with Crippen molar-refractivity contribution in [3.63, 3.8) is 0 Å². The Kier molecular flexibility index (Phi) is 4.98. The van der Waals surface area contributed by atoms with Crippen molar-refractivity contribution in [2.45, 2.75) is 32.8 Å². The molecule has 1 heterocycles. The third-order valence-corrected chi connectivity index (χ3v) is 4.32. The van der Waals surface area contributed by atoms with Gasteiger partial charge in [-0.1, -0.05) is 0 Å². The molecule has 132 valence electrons. The lowest BCUT2D eigenvalue weighted by Crippen LogP contribution is -2.26. The van der Waals surface area contributed by atoms with Gasteiger partial charge in [0, 0.05) is 24.6 Å². The van der Waals surface area contributed by atoms with Gasteiger partial charge in [-0.2, -0.15) is 8.42 Å². The Labute approximate surface area is 140 Å². The summed E-state index contributed by atoms with van der Waals surface area (Å²) in [6.45, 7) is 5.43. The maximum atomic E-state index is 12.8. The van der Waals surface area contributed by atoms with Crippen molar-refractivity contribution in [3.8, 4) is 0 Å². The Bertz CT molecular complexity index is 737. The summed E-state index contributed by atoms with van der Waals surface area (Å²) in [7, 11) is -4.61. The Balaban J connectivity index is 2.08. The molecule has 1 saturated heterocycles. The molecular formula is C16H20FNO5S. The van der Waals surface area contributed by atoms with Crippen LogP contribution < -0.4 is 4.90 Å². The number of nitrogens with zero attached hydrogens (tertiary/aromatic N) is 1. The fourth-order valence-corrected chi connectivity index (χ4v) is 3.33. The number of esters is 1. The fourth-order valence-electron chi connectivity index (χ4n) is 2.54. The second-order valence-corrected chi connectivity index (χ2v) is 8.24. The van der Waals surface area contributed by atoms with Crippen LogP contribution in [0, 0.1) is 5.92 Å². The van der Waals surface area contributed by atoms with E-state index in [0.717, 1.165) is 0 Å². The first-order chi connectivity index (χ1) is 10.9. The predicted octanol–water partition coefficient (Wildman–Crippen LogP) is 2.29. The SMILES string of the molecule is CC(C)(C)OC(=O)c1ccc(N2CC(CS(=O)(=O)F)CC2=O)cc1. The van der Waals surface area contributed by atoms with Crippen molar-refractivity contribution in [2.24, 2.45) is 5.92 Å². The van der Waals surface area contributed by atoms with Gasteiger partial charge >= 0.3 is 16.2 Å². The molecule has 1 unspecified atom stereocenters. The van der Waals surface area contributed by atoms with Gasteiger partial charge in [0.1, 0.15) is 5.60 Å². The number of rotatable bonds is 4. The summed E-state index contributed by atoms with van der Waals surface area (Å²) in [5.41, 5.74) is 0.278. The molecule has 1 aliphatic heterocycles. The molecule has 6 nitrogen and oxygen atoms in total. The number of halogens is 1. The number of ether oxygens (including phenoxy) is 1. The first-order valence-electron chi connectivity index (χ1n) is 7.51. The topological polar surface area (TPSA) is 80.8 Å². The number of carbonyl (C=O) groups is 2. The van der Waals surface area contributed by atoms with Crippen LogP contribution in [-0.2, 0) is 19.8 Å². The van der Waals surface area contributed by atoms with Crippen molar-refractivity contribution in [1.29, 1.82) is 0 Å². The van der Waals surface area contributed by atoms with Gasteiger partial charge in [-0.3, -0.25) is 4.79 Å². The molecule has 1 fully saturated rings. The van der Waals surface area contributed by atoms with Gasteiger partial charge in [0.2, 0.25) is 5.91 Å². The molecule has 1 atom stereocenters. The average Bonchev–Trinajstić information content (AvgIpc) is 2.75. The first-order valence-corrected chi connectivity index (χ1v) is 9.06. The number of anilines is 1. The highest BCUT2D eigenvalue weighted by molar-refractivity contribution is 7.86. The molecule has 1 aromatic carbocycles. The Hall–Kier alpha value is -1.96. The third-order valence-electron chi connectivity index (χ3n) is 3.45. The molecule has 0 aromatic heterocycles. The highest BCUT2D eigenvalue weighted by atomic mass is 32.3. The molecule has 0 radical (unpaired) electrons. The monoisotopic (exact) mass is 357 g/mol. The van der Waals surface area contributed by atoms with Crippen LogP contribution in [0.1, 0.15) is 37.6 Å². The molecule has 0 spiro atoms. The number of hydrogen-bond acceptors (Lipinski definition) is 5. The van der Waals surface area contributed by atoms with E-state index in [1.165, 1.54) is 17.0 Å². The largest absolute Gasteiger partial charge is 0.456 e. The zero-order chi connectivity index (χ0) is 18.1. The van der Waals surface area contributed by atoms with Crippen LogP contribution in [0.5, 0.6) is 0 Å². The zero-order valence-electron chi connectivity index (χ0n) is 13.8. The molecular weight excluding hydrogens is 337 g/mol. The lowest BCUT2D eigenvalue weighted by molar-refractivity contribution is -0.117. The zero-order valence-corrected chi connectivity index (χ0v) is 14.6. The number of carbonyl (C=O) groups excluding carboxylic acids is 2. The highest BCUT2D eigenvalue weighted by Crippen LogP contribution is 2.27. The molecule has 8 heteroatoms. The van der Waals surface area contributed by atoms with Crippen LogP contribution in [0.2, 0.25) is 0 Å². The maximum Gasteiger partial charge on any atom is 0.338 e. The molecule has 0 saturated carbocycles. The molecule has 1 amide bonds. The molecule has 0 aliphatic carbocycles. The van der Waals surface area contributed by atoms with Crippen molar-refractivity contribution < 1.29 is 26.6 Å². The number of amides is 1. The van der Waals surface area contributed by atoms with Crippen LogP contribution in [0.25, 0.3) is 0 Å². The van der Waals surface area contributed by atoms with Crippen LogP contribution in [0.3, 0.4) is 0 Å². The van der Waals surface area contributed by atoms with E-state index in [1.807, 2.05) is 0 Å². The molecule has 1 aromatic rings. The van der Waals surface area contributed by atoms with Crippen molar-refractivity contribution in [3.05, 3.63) is 29.8 Å². The van der Waals surface area contributed by atoms with Crippen molar-refractivity contribution in [1.82, 2.24) is 0 Å². The summed E-state index contributed by atoms with van der Waals surface area (Å²) in [4.78, 5) is 25.3. The first kappa shape index (κ1) is 18.4. The lowest BCUT2D eigenvalue weighted by Gasteiger charge is -2.20. The van der Waals surface area contributed by atoms with Gasteiger partial charge in [0.15, 0.2) is 0 Å². The quantitative estimate of drug-likeness (QED) is 0.610. The smallest absolute Gasteiger partial charge is 0.338 e. The van der Waals surface area contributed by atoms with Crippen LogP contribution in [-0.4, -0.2) is 38.2 Å². The standard InChI is InChI=1S/C16H20FNO5S/c1-16(2,3)23-15(20)12-4-6-13(7-5-12)18-9-11(8-14(18)19)10-24(17,21)22/h4-7,11H,8-10H2,1-3H3. The highest BCUT2D eigenvalue weighted by Gasteiger charge is 2.33. The second-order valence-electron chi connectivity index (χ2n) is 6.83. The van der Waals surface area contributed by atoms with Gasteiger partial charge in [-0.05, 0) is 45.0 Å². The van der Waals surface area contributed by atoms with Crippen molar-refractivity contribution in [2.75, 3.05) is 17.2 Å². The van der Waals surface area contributed by atoms with E-state index >= 15 is 0 Å². The van der Waals surface area contributed by atoms with E-state index in [1.54, 1.807) is 32.9 Å². The van der Waals surface area contributed by atoms with E-state index in [2.05, 4.69) is 0 Å². The van der Waals surface area contributed by atoms with Crippen molar-refractivity contribution >= 4 is 27.8 Å². The number of benzene rings is 1. The van der Waals surface area contributed by atoms with Gasteiger partial charge in [-0.15, -0.1) is 3.89 Å². The Morgan fingerprint density at radius 1 is 1.29 bits per heavy atom. The van der Waals surface area contributed by atoms with Gasteiger partial charge in [-0.25, -0.2) is 4.79 Å². The fraction of sp³-hybridized carbons (Fsp3) is 0.500. The summed E-state index contributed by atoms with van der Waals surface area (Å²) in [6, 6.07) is 6.25. The van der Waals surface area contributed by atoms with E-state index in [9.17, 15) is 21.9 Å². The Morgan fingerprint density at radius 3 is 2.38 bits per heavy atom. The van der Waals surface area contributed by atoms with E-state index in [-0.39, 0.29) is 18.9 Å². The van der Waals surface area contributed by atoms with Crippen LogP contribution in [0.15, 0.2) is 24.3 Å². The van der Waals surface area contributed by atoms with Crippen LogP contribution >= 0.6 is 0 Å². The van der Waals surface area contributed by atoms with E-state index < -0.39 is 33.5 Å². The van der Waals surface area contributed by atoms with Gasteiger partial charge in [0.25, 0.3) is 0 Å². The minimum Gasteiger partial charge on any atom is -0.456 e. The van der Waals surface area contributed by atoms with E-state index in [4.69, 9.17) is 4.74 Å². The molecule has 24 heavy (non-hydrogen) atoms. The van der Waals surface area contributed by atoms with E-state index in [0.29, 0.717) is 11.3 Å². The van der Waals surface area contributed by atoms with Crippen LogP contribution in [0.4, 0.5) is 9.57 Å². The second kappa shape index (κ2) is 6.51. The molecule has 0 bridgehead atoms. The predicted molar refractivity (Wildman–Crippen MR) is 87.0 cm³/mol. The summed E-state index contributed by atoms with van der Waals surface area (Å²) in [5, 5.41) is 0. The number of hydrogen-bond donors (Lipinski definition) is 0.